The maximum atomic E-state index is 11.7. The molecule has 0 radical (unpaired) electrons. The molecule has 0 aliphatic heterocycles. The van der Waals surface area contributed by atoms with Gasteiger partial charge in [-0.3, -0.25) is 4.79 Å². The van der Waals surface area contributed by atoms with Gasteiger partial charge < -0.3 is 19.5 Å². The van der Waals surface area contributed by atoms with Crippen LogP contribution in [0.4, 0.5) is 0 Å². The van der Waals surface area contributed by atoms with Crippen molar-refractivity contribution >= 4 is 12.0 Å². The first-order valence-electron chi connectivity index (χ1n) is 5.42. The summed E-state index contributed by atoms with van der Waals surface area (Å²) in [5, 5.41) is 17.6. The summed E-state index contributed by atoms with van der Waals surface area (Å²) in [6, 6.07) is 3.57. The molecule has 1 heterocycles. The van der Waals surface area contributed by atoms with Crippen LogP contribution in [0.5, 0.6) is 0 Å². The minimum absolute atomic E-state index is 0.126. The number of nitrogens with zero attached hydrogens (tertiary/aromatic N) is 1. The molecule has 0 saturated heterocycles. The van der Waals surface area contributed by atoms with Gasteiger partial charge in [-0.05, 0) is 25.1 Å². The SMILES string of the molecule is Cc1ccc(C=CC(=O)N(CCO)CCO)o1. The highest BCUT2D eigenvalue weighted by Gasteiger charge is 2.08. The molecule has 17 heavy (non-hydrogen) atoms. The van der Waals surface area contributed by atoms with Gasteiger partial charge in [-0.1, -0.05) is 0 Å². The van der Waals surface area contributed by atoms with Crippen molar-refractivity contribution in [1.29, 1.82) is 0 Å². The highest BCUT2D eigenvalue weighted by molar-refractivity contribution is 5.91. The summed E-state index contributed by atoms with van der Waals surface area (Å²) in [7, 11) is 0. The van der Waals surface area contributed by atoms with E-state index in [1.54, 1.807) is 12.1 Å². The predicted molar refractivity (Wildman–Crippen MR) is 63.2 cm³/mol. The highest BCUT2D eigenvalue weighted by atomic mass is 16.3. The topological polar surface area (TPSA) is 73.9 Å². The summed E-state index contributed by atoms with van der Waals surface area (Å²) < 4.78 is 5.28. The Morgan fingerprint density at radius 1 is 1.35 bits per heavy atom. The smallest absolute Gasteiger partial charge is 0.246 e. The quantitative estimate of drug-likeness (QED) is 0.705. The molecule has 0 aliphatic carbocycles. The zero-order chi connectivity index (χ0) is 12.7. The van der Waals surface area contributed by atoms with Gasteiger partial charge >= 0.3 is 0 Å². The molecule has 0 aromatic carbocycles. The van der Waals surface area contributed by atoms with Crippen LogP contribution in [0.3, 0.4) is 0 Å². The maximum Gasteiger partial charge on any atom is 0.246 e. The summed E-state index contributed by atoms with van der Waals surface area (Å²) in [4.78, 5) is 13.0. The van der Waals surface area contributed by atoms with Gasteiger partial charge in [0.2, 0.25) is 5.91 Å². The third kappa shape index (κ3) is 4.42. The van der Waals surface area contributed by atoms with Crippen molar-refractivity contribution < 1.29 is 19.4 Å². The van der Waals surface area contributed by atoms with Crippen molar-refractivity contribution in [3.05, 3.63) is 29.7 Å². The molecule has 5 nitrogen and oxygen atoms in total. The van der Waals surface area contributed by atoms with Gasteiger partial charge in [0, 0.05) is 19.2 Å². The number of aryl methyl sites for hydroxylation is 1. The monoisotopic (exact) mass is 239 g/mol. The van der Waals surface area contributed by atoms with Gasteiger partial charge in [-0.25, -0.2) is 0 Å². The summed E-state index contributed by atoms with van der Waals surface area (Å²) in [5.41, 5.74) is 0. The Labute approximate surface area is 100.0 Å². The predicted octanol–water partition coefficient (Wildman–Crippen LogP) is 0.414. The average Bonchev–Trinajstić information content (AvgIpc) is 2.72. The van der Waals surface area contributed by atoms with Crippen LogP contribution in [-0.2, 0) is 4.79 Å². The van der Waals surface area contributed by atoms with E-state index in [0.717, 1.165) is 5.76 Å². The van der Waals surface area contributed by atoms with Crippen LogP contribution < -0.4 is 0 Å². The number of rotatable bonds is 6. The largest absolute Gasteiger partial charge is 0.462 e. The van der Waals surface area contributed by atoms with Crippen molar-refractivity contribution in [3.63, 3.8) is 0 Å². The third-order valence-electron chi connectivity index (χ3n) is 2.20. The molecule has 0 saturated carbocycles. The van der Waals surface area contributed by atoms with Crippen LogP contribution in [0.2, 0.25) is 0 Å². The second-order valence-electron chi connectivity index (χ2n) is 3.55. The highest BCUT2D eigenvalue weighted by Crippen LogP contribution is 2.08. The number of carbonyl (C=O) groups excluding carboxylic acids is 1. The van der Waals surface area contributed by atoms with Crippen LogP contribution in [0.15, 0.2) is 22.6 Å². The van der Waals surface area contributed by atoms with E-state index in [1.165, 1.54) is 11.0 Å². The molecule has 1 aromatic rings. The number of hydrogen-bond acceptors (Lipinski definition) is 4. The Balaban J connectivity index is 2.59. The maximum absolute atomic E-state index is 11.7. The van der Waals surface area contributed by atoms with Gasteiger partial charge in [0.05, 0.1) is 13.2 Å². The molecule has 0 unspecified atom stereocenters. The fraction of sp³-hybridized carbons (Fsp3) is 0.417. The van der Waals surface area contributed by atoms with E-state index in [9.17, 15) is 4.79 Å². The van der Waals surface area contributed by atoms with Gasteiger partial charge in [-0.2, -0.15) is 0 Å². The van der Waals surface area contributed by atoms with E-state index in [-0.39, 0.29) is 32.2 Å². The normalized spacial score (nSPS) is 11.0. The van der Waals surface area contributed by atoms with Crippen molar-refractivity contribution in [2.75, 3.05) is 26.3 Å². The summed E-state index contributed by atoms with van der Waals surface area (Å²) >= 11 is 0. The minimum Gasteiger partial charge on any atom is -0.462 e. The Morgan fingerprint density at radius 3 is 2.47 bits per heavy atom. The van der Waals surface area contributed by atoms with Gasteiger partial charge in [-0.15, -0.1) is 0 Å². The molecule has 2 N–H and O–H groups in total. The summed E-state index contributed by atoms with van der Waals surface area (Å²) in [5.74, 6) is 1.12. The van der Waals surface area contributed by atoms with Crippen molar-refractivity contribution in [2.24, 2.45) is 0 Å². The first-order chi connectivity index (χ1) is 8.17. The fourth-order valence-corrected chi connectivity index (χ4v) is 1.38. The van der Waals surface area contributed by atoms with Crippen molar-refractivity contribution in [1.82, 2.24) is 4.90 Å². The Hall–Kier alpha value is -1.59. The van der Waals surface area contributed by atoms with Gasteiger partial charge in [0.1, 0.15) is 11.5 Å². The Kier molecular flexibility index (Phi) is 5.45. The average molecular weight is 239 g/mol. The molecule has 0 atom stereocenters. The molecular weight excluding hydrogens is 222 g/mol. The van der Waals surface area contributed by atoms with E-state index >= 15 is 0 Å². The summed E-state index contributed by atoms with van der Waals surface area (Å²) in [6.07, 6.45) is 2.93. The van der Waals surface area contributed by atoms with E-state index in [4.69, 9.17) is 14.6 Å². The Morgan fingerprint density at radius 2 is 2.00 bits per heavy atom. The first-order valence-corrected chi connectivity index (χ1v) is 5.42. The number of carbonyl (C=O) groups is 1. The van der Waals surface area contributed by atoms with Crippen LogP contribution in [0.25, 0.3) is 6.08 Å². The summed E-state index contributed by atoms with van der Waals surface area (Å²) in [6.45, 7) is 1.99. The van der Waals surface area contributed by atoms with Gasteiger partial charge in [0.25, 0.3) is 0 Å². The standard InChI is InChI=1S/C12H17NO4/c1-10-2-3-11(17-10)4-5-12(16)13(6-8-14)7-9-15/h2-5,14-15H,6-9H2,1H3. The molecule has 94 valence electrons. The fourth-order valence-electron chi connectivity index (χ4n) is 1.38. The van der Waals surface area contributed by atoms with E-state index < -0.39 is 0 Å². The zero-order valence-corrected chi connectivity index (χ0v) is 9.80. The molecule has 0 fully saturated rings. The molecule has 1 amide bonds. The lowest BCUT2D eigenvalue weighted by molar-refractivity contribution is -0.126. The number of aliphatic hydroxyl groups excluding tert-OH is 2. The van der Waals surface area contributed by atoms with E-state index in [1.807, 2.05) is 13.0 Å². The van der Waals surface area contributed by atoms with E-state index in [0.29, 0.717) is 5.76 Å². The number of hydrogen-bond donors (Lipinski definition) is 2. The van der Waals surface area contributed by atoms with Crippen molar-refractivity contribution in [2.45, 2.75) is 6.92 Å². The number of amides is 1. The molecule has 1 aromatic heterocycles. The molecule has 1 rings (SSSR count). The Bertz CT molecular complexity index is 378. The molecule has 0 bridgehead atoms. The van der Waals surface area contributed by atoms with Crippen LogP contribution >= 0.6 is 0 Å². The zero-order valence-electron chi connectivity index (χ0n) is 9.80. The molecule has 0 spiro atoms. The number of furan rings is 1. The van der Waals surface area contributed by atoms with Crippen molar-refractivity contribution in [3.8, 4) is 0 Å². The van der Waals surface area contributed by atoms with Gasteiger partial charge in [0.15, 0.2) is 0 Å². The van der Waals surface area contributed by atoms with E-state index in [2.05, 4.69) is 0 Å². The number of aliphatic hydroxyl groups is 2. The van der Waals surface area contributed by atoms with Crippen LogP contribution in [0, 0.1) is 6.92 Å². The lowest BCUT2D eigenvalue weighted by Crippen LogP contribution is -2.34. The van der Waals surface area contributed by atoms with Crippen LogP contribution in [-0.4, -0.2) is 47.3 Å². The lowest BCUT2D eigenvalue weighted by atomic mass is 10.3. The third-order valence-corrected chi connectivity index (χ3v) is 2.20. The second kappa shape index (κ2) is 6.88. The molecular formula is C12H17NO4. The molecule has 5 heteroatoms. The lowest BCUT2D eigenvalue weighted by Gasteiger charge is -2.18. The van der Waals surface area contributed by atoms with Crippen LogP contribution in [0.1, 0.15) is 11.5 Å². The minimum atomic E-state index is -0.262. The second-order valence-corrected chi connectivity index (χ2v) is 3.55. The first kappa shape index (κ1) is 13.5. The molecule has 0 aliphatic rings.